The minimum Gasteiger partial charge on any atom is -0.318 e. The van der Waals surface area contributed by atoms with Gasteiger partial charge in [0.2, 0.25) is 0 Å². The number of hydrogen-bond acceptors (Lipinski definition) is 4. The zero-order valence-corrected chi connectivity index (χ0v) is 13.2. The van der Waals surface area contributed by atoms with Gasteiger partial charge in [-0.3, -0.25) is 4.79 Å². The van der Waals surface area contributed by atoms with E-state index in [1.807, 2.05) is 13.8 Å². The molecule has 0 spiro atoms. The molecule has 0 aliphatic rings. The van der Waals surface area contributed by atoms with Crippen LogP contribution in [0.25, 0.3) is 0 Å². The number of pyridine rings is 1. The summed E-state index contributed by atoms with van der Waals surface area (Å²) in [7, 11) is 0. The molecular weight excluding hydrogens is 344 g/mol. The van der Waals surface area contributed by atoms with E-state index in [1.165, 1.54) is 6.20 Å². The molecule has 0 saturated carbocycles. The maximum absolute atomic E-state index is 12.2. The Morgan fingerprint density at radius 1 is 1.40 bits per heavy atom. The molecule has 0 aliphatic heterocycles. The van der Waals surface area contributed by atoms with Crippen molar-refractivity contribution in [1.82, 2.24) is 15.0 Å². The predicted octanol–water partition coefficient (Wildman–Crippen LogP) is 3.66. The monoisotopic (exact) mass is 354 g/mol. The van der Waals surface area contributed by atoms with Crippen molar-refractivity contribution in [3.05, 3.63) is 45.7 Å². The Bertz CT molecular complexity index is 648. The number of rotatable bonds is 3. The number of amides is 1. The van der Waals surface area contributed by atoms with Gasteiger partial charge in [-0.2, -0.15) is 0 Å². The summed E-state index contributed by atoms with van der Waals surface area (Å²) in [5, 5.41) is 2.93. The van der Waals surface area contributed by atoms with Crippen molar-refractivity contribution >= 4 is 39.1 Å². The number of nitrogens with zero attached hydrogens (tertiary/aromatic N) is 3. The summed E-state index contributed by atoms with van der Waals surface area (Å²) in [6.07, 6.45) is 3.06. The highest BCUT2D eigenvalue weighted by molar-refractivity contribution is 9.10. The largest absolute Gasteiger partial charge is 0.318 e. The molecule has 2 heterocycles. The molecule has 7 heteroatoms. The van der Waals surface area contributed by atoms with Gasteiger partial charge >= 0.3 is 0 Å². The summed E-state index contributed by atoms with van der Waals surface area (Å²) in [4.78, 5) is 24.6. The normalized spacial score (nSPS) is 10.7. The molecule has 0 fully saturated rings. The van der Waals surface area contributed by atoms with Gasteiger partial charge in [-0.15, -0.1) is 0 Å². The van der Waals surface area contributed by atoms with Crippen molar-refractivity contribution in [1.29, 1.82) is 0 Å². The third kappa shape index (κ3) is 3.32. The molecule has 1 amide bonds. The number of anilines is 1. The Morgan fingerprint density at radius 3 is 2.80 bits per heavy atom. The van der Waals surface area contributed by atoms with Gasteiger partial charge in [0.15, 0.2) is 5.69 Å². The average molecular weight is 356 g/mol. The number of carbonyl (C=O) groups is 1. The fourth-order valence-electron chi connectivity index (χ4n) is 1.48. The highest BCUT2D eigenvalue weighted by Crippen LogP contribution is 2.21. The first-order valence-corrected chi connectivity index (χ1v) is 7.10. The number of carbonyl (C=O) groups excluding carboxylic acids is 1. The second kappa shape index (κ2) is 6.28. The molecule has 2 aromatic heterocycles. The van der Waals surface area contributed by atoms with Gasteiger partial charge in [0.1, 0.15) is 10.4 Å². The topological polar surface area (TPSA) is 67.8 Å². The average Bonchev–Trinajstić information content (AvgIpc) is 2.41. The molecule has 0 aliphatic carbocycles. The van der Waals surface area contributed by atoms with E-state index in [-0.39, 0.29) is 16.6 Å². The van der Waals surface area contributed by atoms with Crippen LogP contribution >= 0.6 is 27.5 Å². The standard InChI is InChI=1S/C13H12BrClN4O/c1-7(2)12-17-6-8(15)10(19-12)13(20)18-9-4-3-5-16-11(9)14/h3-7H,1-2H3,(H,18,20). The van der Waals surface area contributed by atoms with Crippen LogP contribution in [-0.2, 0) is 0 Å². The van der Waals surface area contributed by atoms with Crippen LogP contribution < -0.4 is 5.32 Å². The van der Waals surface area contributed by atoms with Crippen molar-refractivity contribution in [2.75, 3.05) is 5.32 Å². The SMILES string of the molecule is CC(C)c1ncc(Cl)c(C(=O)Nc2cccnc2Br)n1. The second-order valence-electron chi connectivity index (χ2n) is 4.38. The lowest BCUT2D eigenvalue weighted by Gasteiger charge is -2.09. The maximum atomic E-state index is 12.2. The van der Waals surface area contributed by atoms with Gasteiger partial charge in [0, 0.05) is 12.1 Å². The molecule has 2 aromatic rings. The Balaban J connectivity index is 2.30. The van der Waals surface area contributed by atoms with Crippen molar-refractivity contribution in [3.63, 3.8) is 0 Å². The van der Waals surface area contributed by atoms with Crippen LogP contribution in [0.1, 0.15) is 36.1 Å². The molecule has 0 aromatic carbocycles. The number of nitrogens with one attached hydrogen (secondary N) is 1. The van der Waals surface area contributed by atoms with E-state index in [4.69, 9.17) is 11.6 Å². The Hall–Kier alpha value is -1.53. The molecule has 104 valence electrons. The third-order valence-corrected chi connectivity index (χ3v) is 3.41. The first kappa shape index (κ1) is 14.9. The number of aromatic nitrogens is 3. The van der Waals surface area contributed by atoms with Crippen LogP contribution in [0.15, 0.2) is 29.1 Å². The molecule has 1 N–H and O–H groups in total. The van der Waals surface area contributed by atoms with Gasteiger partial charge in [0.05, 0.1) is 16.9 Å². The zero-order valence-electron chi connectivity index (χ0n) is 10.9. The van der Waals surface area contributed by atoms with Crippen LogP contribution in [0.4, 0.5) is 5.69 Å². The highest BCUT2D eigenvalue weighted by Gasteiger charge is 2.16. The fraction of sp³-hybridized carbons (Fsp3) is 0.231. The van der Waals surface area contributed by atoms with Crippen molar-refractivity contribution in [2.24, 2.45) is 0 Å². The van der Waals surface area contributed by atoms with Gasteiger partial charge in [-0.05, 0) is 28.1 Å². The summed E-state index contributed by atoms with van der Waals surface area (Å²) < 4.78 is 0.544. The first-order valence-electron chi connectivity index (χ1n) is 5.93. The molecule has 0 radical (unpaired) electrons. The molecule has 0 unspecified atom stereocenters. The fourth-order valence-corrected chi connectivity index (χ4v) is 2.01. The lowest BCUT2D eigenvalue weighted by Crippen LogP contribution is -2.16. The lowest BCUT2D eigenvalue weighted by atomic mass is 10.2. The van der Waals surface area contributed by atoms with Crippen LogP contribution in [0, 0.1) is 0 Å². The summed E-state index contributed by atoms with van der Waals surface area (Å²) in [5.41, 5.74) is 0.708. The third-order valence-electron chi connectivity index (χ3n) is 2.50. The number of hydrogen-bond donors (Lipinski definition) is 1. The lowest BCUT2D eigenvalue weighted by molar-refractivity contribution is 0.102. The minimum atomic E-state index is -0.395. The summed E-state index contributed by atoms with van der Waals surface area (Å²) in [6, 6.07) is 3.45. The van der Waals surface area contributed by atoms with E-state index in [1.54, 1.807) is 18.3 Å². The number of halogens is 2. The Kier molecular flexibility index (Phi) is 4.67. The molecule has 2 rings (SSSR count). The van der Waals surface area contributed by atoms with Gasteiger partial charge in [-0.1, -0.05) is 25.4 Å². The van der Waals surface area contributed by atoms with E-state index in [0.29, 0.717) is 16.1 Å². The molecule has 0 saturated heterocycles. The van der Waals surface area contributed by atoms with Crippen molar-refractivity contribution in [2.45, 2.75) is 19.8 Å². The zero-order chi connectivity index (χ0) is 14.7. The van der Waals surface area contributed by atoms with Gasteiger partial charge in [-0.25, -0.2) is 15.0 Å². The highest BCUT2D eigenvalue weighted by atomic mass is 79.9. The van der Waals surface area contributed by atoms with E-state index in [9.17, 15) is 4.79 Å². The summed E-state index contributed by atoms with van der Waals surface area (Å²) in [6.45, 7) is 3.89. The van der Waals surface area contributed by atoms with Gasteiger partial charge in [0.25, 0.3) is 5.91 Å². The van der Waals surface area contributed by atoms with Crippen LogP contribution in [0.5, 0.6) is 0 Å². The van der Waals surface area contributed by atoms with Crippen LogP contribution in [-0.4, -0.2) is 20.9 Å². The second-order valence-corrected chi connectivity index (χ2v) is 5.53. The smallest absolute Gasteiger partial charge is 0.276 e. The van der Waals surface area contributed by atoms with E-state index in [2.05, 4.69) is 36.2 Å². The first-order chi connectivity index (χ1) is 9.49. The molecule has 0 atom stereocenters. The van der Waals surface area contributed by atoms with Gasteiger partial charge < -0.3 is 5.32 Å². The quantitative estimate of drug-likeness (QED) is 0.853. The van der Waals surface area contributed by atoms with Crippen LogP contribution in [0.3, 0.4) is 0 Å². The summed E-state index contributed by atoms with van der Waals surface area (Å²) >= 11 is 9.25. The molecule has 5 nitrogen and oxygen atoms in total. The van der Waals surface area contributed by atoms with E-state index in [0.717, 1.165) is 0 Å². The van der Waals surface area contributed by atoms with E-state index < -0.39 is 5.91 Å². The van der Waals surface area contributed by atoms with E-state index >= 15 is 0 Å². The van der Waals surface area contributed by atoms with Crippen molar-refractivity contribution < 1.29 is 4.79 Å². The maximum Gasteiger partial charge on any atom is 0.276 e. The minimum absolute atomic E-state index is 0.115. The van der Waals surface area contributed by atoms with Crippen LogP contribution in [0.2, 0.25) is 5.02 Å². The summed E-state index contributed by atoms with van der Waals surface area (Å²) in [5.74, 6) is 0.293. The molecule has 0 bridgehead atoms. The van der Waals surface area contributed by atoms with Crippen molar-refractivity contribution in [3.8, 4) is 0 Å². The Labute approximate surface area is 129 Å². The molecule has 20 heavy (non-hydrogen) atoms. The molecular formula is C13H12BrClN4O. The Morgan fingerprint density at radius 2 is 2.15 bits per heavy atom. The predicted molar refractivity (Wildman–Crippen MR) is 81.0 cm³/mol.